The second-order valence-corrected chi connectivity index (χ2v) is 7.14. The van der Waals surface area contributed by atoms with Gasteiger partial charge in [0.2, 0.25) is 11.8 Å². The standard InChI is InChI=1S/C18H26N2O4/c1-12-4-6-14(7-5-12)20-11-13(9-17(20)22)18(23)19-10-15(21)16-3-2-8-24-16/h2-3,8,12-15,21H,4-7,9-11H2,1H3,(H,19,23). The number of rotatable bonds is 5. The molecule has 2 fully saturated rings. The van der Waals surface area contributed by atoms with Crippen molar-refractivity contribution in [1.82, 2.24) is 10.2 Å². The molecule has 24 heavy (non-hydrogen) atoms. The Balaban J connectivity index is 1.49. The molecule has 6 heteroatoms. The van der Waals surface area contributed by atoms with E-state index in [0.717, 1.165) is 31.6 Å². The Morgan fingerprint density at radius 2 is 2.17 bits per heavy atom. The van der Waals surface area contributed by atoms with Crippen LogP contribution in [0.2, 0.25) is 0 Å². The largest absolute Gasteiger partial charge is 0.467 e. The zero-order valence-corrected chi connectivity index (χ0v) is 14.1. The van der Waals surface area contributed by atoms with Crippen LogP contribution < -0.4 is 5.32 Å². The molecular weight excluding hydrogens is 308 g/mol. The highest BCUT2D eigenvalue weighted by Gasteiger charge is 2.38. The maximum absolute atomic E-state index is 12.3. The highest BCUT2D eigenvalue weighted by molar-refractivity contribution is 5.89. The molecule has 2 heterocycles. The van der Waals surface area contributed by atoms with Crippen molar-refractivity contribution in [3.05, 3.63) is 24.2 Å². The van der Waals surface area contributed by atoms with Crippen LogP contribution in [0, 0.1) is 11.8 Å². The van der Waals surface area contributed by atoms with Gasteiger partial charge in [-0.25, -0.2) is 0 Å². The second kappa shape index (κ2) is 7.38. The van der Waals surface area contributed by atoms with Crippen molar-refractivity contribution in [1.29, 1.82) is 0 Å². The summed E-state index contributed by atoms with van der Waals surface area (Å²) < 4.78 is 5.11. The lowest BCUT2D eigenvalue weighted by Crippen LogP contribution is -2.40. The first-order valence-corrected chi connectivity index (χ1v) is 8.83. The van der Waals surface area contributed by atoms with Gasteiger partial charge in [-0.2, -0.15) is 0 Å². The van der Waals surface area contributed by atoms with Crippen LogP contribution in [0.4, 0.5) is 0 Å². The van der Waals surface area contributed by atoms with Gasteiger partial charge in [-0.05, 0) is 43.7 Å². The lowest BCUT2D eigenvalue weighted by Gasteiger charge is -2.33. The summed E-state index contributed by atoms with van der Waals surface area (Å²) in [5.74, 6) is 0.763. The van der Waals surface area contributed by atoms with Gasteiger partial charge in [0.05, 0.1) is 18.7 Å². The van der Waals surface area contributed by atoms with Gasteiger partial charge in [0.15, 0.2) is 0 Å². The van der Waals surface area contributed by atoms with Crippen LogP contribution in [0.3, 0.4) is 0 Å². The van der Waals surface area contributed by atoms with Gasteiger partial charge in [-0.1, -0.05) is 6.92 Å². The lowest BCUT2D eigenvalue weighted by molar-refractivity contribution is -0.131. The van der Waals surface area contributed by atoms with E-state index in [1.807, 2.05) is 4.90 Å². The third-order valence-corrected chi connectivity index (χ3v) is 5.30. The average Bonchev–Trinajstić information content (AvgIpc) is 3.23. The fourth-order valence-corrected chi connectivity index (χ4v) is 3.74. The van der Waals surface area contributed by atoms with Crippen LogP contribution in [0.25, 0.3) is 0 Å². The number of amides is 2. The number of likely N-dealkylation sites (tertiary alicyclic amines) is 1. The lowest BCUT2D eigenvalue weighted by atomic mass is 9.87. The fourth-order valence-electron chi connectivity index (χ4n) is 3.74. The molecule has 1 aliphatic heterocycles. The van der Waals surface area contributed by atoms with Gasteiger partial charge in [0, 0.05) is 19.0 Å². The number of hydrogen-bond donors (Lipinski definition) is 2. The Labute approximate surface area is 142 Å². The Kier molecular flexibility index (Phi) is 5.23. The van der Waals surface area contributed by atoms with Crippen molar-refractivity contribution in [2.45, 2.75) is 51.2 Å². The molecule has 2 unspecified atom stereocenters. The molecule has 0 radical (unpaired) electrons. The minimum absolute atomic E-state index is 0.0845. The topological polar surface area (TPSA) is 82.8 Å². The van der Waals surface area contributed by atoms with E-state index in [9.17, 15) is 14.7 Å². The van der Waals surface area contributed by atoms with Crippen molar-refractivity contribution in [3.63, 3.8) is 0 Å². The van der Waals surface area contributed by atoms with E-state index in [4.69, 9.17) is 4.42 Å². The maximum Gasteiger partial charge on any atom is 0.225 e. The first-order valence-electron chi connectivity index (χ1n) is 8.83. The summed E-state index contributed by atoms with van der Waals surface area (Å²) >= 11 is 0. The van der Waals surface area contributed by atoms with Crippen LogP contribution in [0.1, 0.15) is 50.9 Å². The normalized spacial score (nSPS) is 28.8. The van der Waals surface area contributed by atoms with Crippen molar-refractivity contribution in [3.8, 4) is 0 Å². The molecule has 1 aromatic heterocycles. The molecule has 2 aliphatic rings. The third kappa shape index (κ3) is 3.80. The van der Waals surface area contributed by atoms with Gasteiger partial charge in [0.1, 0.15) is 11.9 Å². The highest BCUT2D eigenvalue weighted by Crippen LogP contribution is 2.31. The average molecular weight is 334 g/mol. The van der Waals surface area contributed by atoms with Crippen LogP contribution in [-0.4, -0.2) is 41.0 Å². The molecule has 2 N–H and O–H groups in total. The zero-order chi connectivity index (χ0) is 17.1. The van der Waals surface area contributed by atoms with Crippen molar-refractivity contribution >= 4 is 11.8 Å². The van der Waals surface area contributed by atoms with E-state index in [0.29, 0.717) is 18.3 Å². The van der Waals surface area contributed by atoms with Gasteiger partial charge < -0.3 is 19.7 Å². The van der Waals surface area contributed by atoms with Crippen molar-refractivity contribution in [2.24, 2.45) is 11.8 Å². The molecule has 2 amide bonds. The predicted molar refractivity (Wildman–Crippen MR) is 87.9 cm³/mol. The second-order valence-electron chi connectivity index (χ2n) is 7.14. The number of furan rings is 1. The molecule has 6 nitrogen and oxygen atoms in total. The fraction of sp³-hybridized carbons (Fsp3) is 0.667. The number of nitrogens with one attached hydrogen (secondary N) is 1. The number of aliphatic hydroxyl groups excluding tert-OH is 1. The number of carbonyl (C=O) groups excluding carboxylic acids is 2. The van der Waals surface area contributed by atoms with Gasteiger partial charge in [-0.3, -0.25) is 9.59 Å². The van der Waals surface area contributed by atoms with Crippen LogP contribution >= 0.6 is 0 Å². The van der Waals surface area contributed by atoms with Crippen LogP contribution in [0.15, 0.2) is 22.8 Å². The molecular formula is C18H26N2O4. The van der Waals surface area contributed by atoms with E-state index >= 15 is 0 Å². The molecule has 1 aromatic rings. The summed E-state index contributed by atoms with van der Waals surface area (Å²) in [6.07, 6.45) is 5.28. The van der Waals surface area contributed by atoms with Crippen LogP contribution in [-0.2, 0) is 9.59 Å². The molecule has 2 atom stereocenters. The summed E-state index contributed by atoms with van der Waals surface area (Å²) in [6, 6.07) is 3.65. The Bertz CT molecular complexity index is 564. The Morgan fingerprint density at radius 3 is 2.83 bits per heavy atom. The summed E-state index contributed by atoms with van der Waals surface area (Å²) in [4.78, 5) is 26.5. The molecule has 0 spiro atoms. The summed E-state index contributed by atoms with van der Waals surface area (Å²) in [6.45, 7) is 2.85. The van der Waals surface area contributed by atoms with E-state index in [1.54, 1.807) is 12.1 Å². The quantitative estimate of drug-likeness (QED) is 0.861. The SMILES string of the molecule is CC1CCC(N2CC(C(=O)NCC(O)c3ccco3)CC2=O)CC1. The third-order valence-electron chi connectivity index (χ3n) is 5.30. The van der Waals surface area contributed by atoms with Gasteiger partial charge in [0.25, 0.3) is 0 Å². The molecule has 0 bridgehead atoms. The molecule has 1 saturated heterocycles. The molecule has 0 aromatic carbocycles. The van der Waals surface area contributed by atoms with Crippen molar-refractivity contribution < 1.29 is 19.1 Å². The van der Waals surface area contributed by atoms with E-state index in [2.05, 4.69) is 12.2 Å². The minimum Gasteiger partial charge on any atom is -0.467 e. The number of carbonyl (C=O) groups is 2. The molecule has 1 aliphatic carbocycles. The van der Waals surface area contributed by atoms with Gasteiger partial charge in [-0.15, -0.1) is 0 Å². The maximum atomic E-state index is 12.3. The Morgan fingerprint density at radius 1 is 1.42 bits per heavy atom. The zero-order valence-electron chi connectivity index (χ0n) is 14.1. The minimum atomic E-state index is -0.864. The van der Waals surface area contributed by atoms with Crippen LogP contribution in [0.5, 0.6) is 0 Å². The first kappa shape index (κ1) is 17.0. The monoisotopic (exact) mass is 334 g/mol. The first-order chi connectivity index (χ1) is 11.5. The number of nitrogens with zero attached hydrogens (tertiary/aromatic N) is 1. The number of aliphatic hydroxyl groups is 1. The molecule has 132 valence electrons. The summed E-state index contributed by atoms with van der Waals surface area (Å²) in [5.41, 5.74) is 0. The Hall–Kier alpha value is -1.82. The highest BCUT2D eigenvalue weighted by atomic mass is 16.4. The van der Waals surface area contributed by atoms with E-state index < -0.39 is 6.10 Å². The van der Waals surface area contributed by atoms with Gasteiger partial charge >= 0.3 is 0 Å². The number of hydrogen-bond acceptors (Lipinski definition) is 4. The summed E-state index contributed by atoms with van der Waals surface area (Å²) in [7, 11) is 0. The smallest absolute Gasteiger partial charge is 0.225 e. The predicted octanol–water partition coefficient (Wildman–Crippen LogP) is 1.86. The molecule has 1 saturated carbocycles. The van der Waals surface area contributed by atoms with E-state index in [-0.39, 0.29) is 30.7 Å². The van der Waals surface area contributed by atoms with E-state index in [1.165, 1.54) is 6.26 Å². The van der Waals surface area contributed by atoms with Crippen molar-refractivity contribution in [2.75, 3.05) is 13.1 Å². The molecule has 3 rings (SSSR count). The summed E-state index contributed by atoms with van der Waals surface area (Å²) in [5, 5.41) is 12.7.